The number of hydrogen-bond acceptors (Lipinski definition) is 5. The Kier molecular flexibility index (Phi) is 2.96. The van der Waals surface area contributed by atoms with Crippen molar-refractivity contribution in [1.29, 1.82) is 0 Å². The van der Waals surface area contributed by atoms with E-state index in [1.165, 1.54) is 0 Å². The summed E-state index contributed by atoms with van der Waals surface area (Å²) in [7, 11) is 0. The summed E-state index contributed by atoms with van der Waals surface area (Å²) in [5.74, 6) is -0.120. The first-order chi connectivity index (χ1) is 7.25. The minimum atomic E-state index is -0.956. The summed E-state index contributed by atoms with van der Waals surface area (Å²) in [5.41, 5.74) is 0. The van der Waals surface area contributed by atoms with Crippen molar-refractivity contribution in [2.45, 2.75) is 25.2 Å². The van der Waals surface area contributed by atoms with Crippen LogP contribution in [0.15, 0.2) is 4.52 Å². The molecule has 2 rings (SSSR count). The van der Waals surface area contributed by atoms with Gasteiger partial charge in [0.2, 0.25) is 5.89 Å². The molecule has 1 aromatic rings. The molecule has 1 saturated heterocycles. The van der Waals surface area contributed by atoms with Gasteiger partial charge in [0.15, 0.2) is 5.82 Å². The number of aromatic nitrogens is 2. The number of nitrogens with zero attached hydrogens (tertiary/aromatic N) is 2. The second-order valence-corrected chi connectivity index (χ2v) is 3.53. The number of carbonyl (C=O) groups is 1. The van der Waals surface area contributed by atoms with Crippen molar-refractivity contribution in [2.24, 2.45) is 0 Å². The van der Waals surface area contributed by atoms with Crippen LogP contribution in [-0.4, -0.2) is 34.4 Å². The van der Waals surface area contributed by atoms with E-state index in [0.29, 0.717) is 12.5 Å². The zero-order valence-corrected chi connectivity index (χ0v) is 8.18. The van der Waals surface area contributed by atoms with E-state index < -0.39 is 5.97 Å². The van der Waals surface area contributed by atoms with Gasteiger partial charge >= 0.3 is 5.97 Å². The van der Waals surface area contributed by atoms with E-state index in [4.69, 9.17) is 14.4 Å². The number of aliphatic carboxylic acids is 1. The summed E-state index contributed by atoms with van der Waals surface area (Å²) < 4.78 is 10.3. The van der Waals surface area contributed by atoms with Crippen LogP contribution < -0.4 is 0 Å². The summed E-state index contributed by atoms with van der Waals surface area (Å²) in [6.07, 6.45) is 1.73. The van der Waals surface area contributed by atoms with Gasteiger partial charge in [-0.3, -0.25) is 4.79 Å². The van der Waals surface area contributed by atoms with E-state index in [9.17, 15) is 4.79 Å². The highest BCUT2D eigenvalue weighted by atomic mass is 16.5. The lowest BCUT2D eigenvalue weighted by molar-refractivity contribution is -0.136. The van der Waals surface area contributed by atoms with Gasteiger partial charge in [0.05, 0.1) is 12.5 Å². The molecule has 0 aromatic carbocycles. The third-order valence-electron chi connectivity index (χ3n) is 2.30. The highest BCUT2D eigenvalue weighted by molar-refractivity contribution is 5.68. The number of carboxylic acid groups (broad SMARTS) is 1. The Bertz CT molecular complexity index is 344. The van der Waals surface area contributed by atoms with Gasteiger partial charge in [-0.05, 0) is 12.8 Å². The Labute approximate surface area is 86.2 Å². The van der Waals surface area contributed by atoms with Crippen molar-refractivity contribution >= 4 is 5.97 Å². The fourth-order valence-electron chi connectivity index (χ4n) is 1.58. The number of hydrogen-bond donors (Lipinski definition) is 1. The molecule has 2 heterocycles. The minimum absolute atomic E-state index is 0.119. The van der Waals surface area contributed by atoms with Gasteiger partial charge in [-0.15, -0.1) is 0 Å². The van der Waals surface area contributed by atoms with Crippen LogP contribution in [0.1, 0.15) is 30.5 Å². The molecule has 1 unspecified atom stereocenters. The minimum Gasteiger partial charge on any atom is -0.481 e. The van der Waals surface area contributed by atoms with E-state index >= 15 is 0 Å². The fourth-order valence-corrected chi connectivity index (χ4v) is 1.58. The summed E-state index contributed by atoms with van der Waals surface area (Å²) >= 11 is 0. The Morgan fingerprint density at radius 1 is 1.60 bits per heavy atom. The lowest BCUT2D eigenvalue weighted by Crippen LogP contribution is -2.15. The third kappa shape index (κ3) is 2.53. The predicted molar refractivity (Wildman–Crippen MR) is 48.4 cm³/mol. The van der Waals surface area contributed by atoms with Crippen LogP contribution >= 0.6 is 0 Å². The van der Waals surface area contributed by atoms with Gasteiger partial charge in [-0.1, -0.05) is 5.16 Å². The molecule has 6 heteroatoms. The first kappa shape index (κ1) is 10.1. The largest absolute Gasteiger partial charge is 0.481 e. The Balaban J connectivity index is 2.02. The maximum absolute atomic E-state index is 10.4. The average Bonchev–Trinajstić information content (AvgIpc) is 2.67. The van der Waals surface area contributed by atoms with Gasteiger partial charge < -0.3 is 14.4 Å². The quantitative estimate of drug-likeness (QED) is 0.789. The molecule has 6 nitrogen and oxygen atoms in total. The van der Waals surface area contributed by atoms with Crippen LogP contribution in [0, 0.1) is 0 Å². The molecule has 15 heavy (non-hydrogen) atoms. The van der Waals surface area contributed by atoms with E-state index in [1.807, 2.05) is 0 Å². The van der Waals surface area contributed by atoms with E-state index in [-0.39, 0.29) is 18.2 Å². The van der Waals surface area contributed by atoms with E-state index in [2.05, 4.69) is 10.1 Å². The molecular formula is C9H12N2O4. The molecule has 0 amide bonds. The Morgan fingerprint density at radius 3 is 3.13 bits per heavy atom. The monoisotopic (exact) mass is 212 g/mol. The van der Waals surface area contributed by atoms with Crippen molar-refractivity contribution < 1.29 is 19.2 Å². The van der Waals surface area contributed by atoms with Gasteiger partial charge in [-0.25, -0.2) is 0 Å². The van der Waals surface area contributed by atoms with Gasteiger partial charge in [0.25, 0.3) is 0 Å². The maximum atomic E-state index is 10.4. The predicted octanol–water partition coefficient (Wildman–Crippen LogP) is 0.591. The van der Waals surface area contributed by atoms with Crippen LogP contribution in [0.5, 0.6) is 0 Å². The number of carboxylic acids is 1. The molecule has 0 radical (unpaired) electrons. The zero-order chi connectivity index (χ0) is 10.7. The third-order valence-corrected chi connectivity index (χ3v) is 2.30. The molecule has 1 fully saturated rings. The summed E-state index contributed by atoms with van der Waals surface area (Å²) in [6, 6.07) is 0. The molecule has 0 aliphatic carbocycles. The van der Waals surface area contributed by atoms with Gasteiger partial charge in [0.1, 0.15) is 6.42 Å². The van der Waals surface area contributed by atoms with Crippen molar-refractivity contribution in [1.82, 2.24) is 10.1 Å². The Morgan fingerprint density at radius 2 is 2.47 bits per heavy atom. The lowest BCUT2D eigenvalue weighted by Gasteiger charge is -2.17. The molecule has 1 aromatic heterocycles. The van der Waals surface area contributed by atoms with Crippen molar-refractivity contribution in [3.05, 3.63) is 11.7 Å². The summed E-state index contributed by atoms with van der Waals surface area (Å²) in [5, 5.41) is 12.1. The molecule has 1 aliphatic heterocycles. The molecular weight excluding hydrogens is 200 g/mol. The molecule has 0 saturated carbocycles. The maximum Gasteiger partial charge on any atom is 0.311 e. The van der Waals surface area contributed by atoms with Crippen LogP contribution in [0.3, 0.4) is 0 Å². The Hall–Kier alpha value is -1.43. The number of rotatable bonds is 3. The highest BCUT2D eigenvalue weighted by Crippen LogP contribution is 2.23. The van der Waals surface area contributed by atoms with Crippen molar-refractivity contribution in [3.63, 3.8) is 0 Å². The smallest absolute Gasteiger partial charge is 0.311 e. The van der Waals surface area contributed by atoms with E-state index in [1.54, 1.807) is 0 Å². The molecule has 0 bridgehead atoms. The second kappa shape index (κ2) is 4.39. The van der Waals surface area contributed by atoms with E-state index in [0.717, 1.165) is 19.4 Å². The summed E-state index contributed by atoms with van der Waals surface area (Å²) in [6.45, 7) is 1.35. The summed E-state index contributed by atoms with van der Waals surface area (Å²) in [4.78, 5) is 14.4. The zero-order valence-electron chi connectivity index (χ0n) is 8.18. The van der Waals surface area contributed by atoms with Crippen molar-refractivity contribution in [2.75, 3.05) is 13.2 Å². The second-order valence-electron chi connectivity index (χ2n) is 3.53. The lowest BCUT2D eigenvalue weighted by atomic mass is 10.0. The van der Waals surface area contributed by atoms with Crippen LogP contribution in [-0.2, 0) is 16.0 Å². The molecule has 1 atom stereocenters. The average molecular weight is 212 g/mol. The molecule has 1 N–H and O–H groups in total. The topological polar surface area (TPSA) is 85.5 Å². The molecule has 82 valence electrons. The highest BCUT2D eigenvalue weighted by Gasteiger charge is 2.22. The van der Waals surface area contributed by atoms with Crippen molar-refractivity contribution in [3.8, 4) is 0 Å². The molecule has 1 aliphatic rings. The first-order valence-corrected chi connectivity index (χ1v) is 4.87. The van der Waals surface area contributed by atoms with Crippen LogP contribution in [0.2, 0.25) is 0 Å². The van der Waals surface area contributed by atoms with Gasteiger partial charge in [-0.2, -0.15) is 4.98 Å². The number of ether oxygens (including phenoxy) is 1. The SMILES string of the molecule is O=C(O)Cc1noc(C2CCCOC2)n1. The normalized spacial score (nSPS) is 21.5. The van der Waals surface area contributed by atoms with Crippen LogP contribution in [0.25, 0.3) is 0 Å². The van der Waals surface area contributed by atoms with Crippen LogP contribution in [0.4, 0.5) is 0 Å². The first-order valence-electron chi connectivity index (χ1n) is 4.87. The fraction of sp³-hybridized carbons (Fsp3) is 0.667. The van der Waals surface area contributed by atoms with Gasteiger partial charge in [0, 0.05) is 6.61 Å². The molecule has 0 spiro atoms. The standard InChI is InChI=1S/C9H12N2O4/c12-8(13)4-7-10-9(15-11-7)6-2-1-3-14-5-6/h6H,1-5H2,(H,12,13).